The number of carbonyl (C=O) groups is 1. The molecular formula is C23H29NO8S. The summed E-state index contributed by atoms with van der Waals surface area (Å²) in [5.41, 5.74) is 1.37. The van der Waals surface area contributed by atoms with Gasteiger partial charge >= 0.3 is 5.97 Å². The van der Waals surface area contributed by atoms with E-state index in [1.165, 1.54) is 6.92 Å². The molecule has 180 valence electrons. The van der Waals surface area contributed by atoms with Crippen LogP contribution in [0, 0.1) is 20.8 Å². The molecule has 0 spiro atoms. The topological polar surface area (TPSA) is 131 Å². The van der Waals surface area contributed by atoms with Crippen molar-refractivity contribution in [1.82, 2.24) is 0 Å². The Hall–Kier alpha value is -2.82. The van der Waals surface area contributed by atoms with Crippen LogP contribution in [0.5, 0.6) is 17.2 Å². The number of nitrogens with one attached hydrogen (secondary N) is 1. The quantitative estimate of drug-likeness (QED) is 0.426. The number of fused-ring (bicyclic) bond motifs is 1. The predicted molar refractivity (Wildman–Crippen MR) is 122 cm³/mol. The predicted octanol–water partition coefficient (Wildman–Crippen LogP) is 2.53. The molecule has 10 heteroatoms. The van der Waals surface area contributed by atoms with Crippen LogP contribution in [0.1, 0.15) is 42.2 Å². The highest BCUT2D eigenvalue weighted by atomic mass is 32.2. The lowest BCUT2D eigenvalue weighted by atomic mass is 9.83. The van der Waals surface area contributed by atoms with Crippen LogP contribution in [-0.4, -0.2) is 49.2 Å². The summed E-state index contributed by atoms with van der Waals surface area (Å²) in [6, 6.07) is 6.27. The van der Waals surface area contributed by atoms with Crippen LogP contribution in [0.25, 0.3) is 0 Å². The maximum atomic E-state index is 11.5. The second kappa shape index (κ2) is 8.85. The van der Waals surface area contributed by atoms with Crippen molar-refractivity contribution in [2.24, 2.45) is 0 Å². The molecule has 0 aliphatic carbocycles. The number of benzene rings is 2. The minimum atomic E-state index is -3.39. The SMILES string of the molecule is CC(=O)Oc1c(C)c(C)c2c(c1C)C(O)C(O)C(C)(COc1ccc(NS(C)(=O)=O)cc1)O2. The number of esters is 1. The Morgan fingerprint density at radius 2 is 1.73 bits per heavy atom. The summed E-state index contributed by atoms with van der Waals surface area (Å²) < 4.78 is 42.4. The molecule has 9 nitrogen and oxygen atoms in total. The first-order valence-corrected chi connectivity index (χ1v) is 12.2. The van der Waals surface area contributed by atoms with Crippen LogP contribution < -0.4 is 18.9 Å². The van der Waals surface area contributed by atoms with Crippen molar-refractivity contribution in [3.63, 3.8) is 0 Å². The highest BCUT2D eigenvalue weighted by Crippen LogP contribution is 2.48. The fraction of sp³-hybridized carbons (Fsp3) is 0.435. The number of sulfonamides is 1. The van der Waals surface area contributed by atoms with Gasteiger partial charge in [0.2, 0.25) is 10.0 Å². The Bertz CT molecular complexity index is 1180. The molecule has 0 aromatic heterocycles. The standard InChI is InChI=1S/C23H29NO8S/c1-12-13(2)21-18(14(3)20(12)31-15(4)25)19(26)22(27)23(5,32-21)11-30-17-9-7-16(8-10-17)24-33(6,28)29/h7-10,19,22,24,26-27H,11H2,1-6H3. The number of aliphatic hydroxyl groups excluding tert-OH is 2. The molecule has 3 N–H and O–H groups in total. The van der Waals surface area contributed by atoms with E-state index in [1.807, 2.05) is 0 Å². The van der Waals surface area contributed by atoms with Crippen molar-refractivity contribution < 1.29 is 37.6 Å². The molecule has 1 aliphatic heterocycles. The molecule has 0 radical (unpaired) electrons. The van der Waals surface area contributed by atoms with Gasteiger partial charge in [0.05, 0.1) is 6.26 Å². The third-order valence-corrected chi connectivity index (χ3v) is 6.32. The highest BCUT2D eigenvalue weighted by Gasteiger charge is 2.48. The number of carbonyl (C=O) groups excluding carboxylic acids is 1. The smallest absolute Gasteiger partial charge is 0.308 e. The van der Waals surface area contributed by atoms with E-state index in [9.17, 15) is 23.4 Å². The Morgan fingerprint density at radius 3 is 2.27 bits per heavy atom. The van der Waals surface area contributed by atoms with Crippen molar-refractivity contribution in [2.45, 2.75) is 52.4 Å². The monoisotopic (exact) mass is 479 g/mol. The van der Waals surface area contributed by atoms with Gasteiger partial charge in [-0.3, -0.25) is 9.52 Å². The Kier molecular flexibility index (Phi) is 6.65. The molecule has 1 heterocycles. The third-order valence-electron chi connectivity index (χ3n) is 5.72. The molecule has 3 atom stereocenters. The average Bonchev–Trinajstić information content (AvgIpc) is 2.72. The second-order valence-corrected chi connectivity index (χ2v) is 10.3. The van der Waals surface area contributed by atoms with Crippen LogP contribution in [0.4, 0.5) is 5.69 Å². The molecule has 3 rings (SSSR count). The maximum absolute atomic E-state index is 11.5. The summed E-state index contributed by atoms with van der Waals surface area (Å²) in [6.07, 6.45) is -1.57. The fourth-order valence-corrected chi connectivity index (χ4v) is 4.43. The van der Waals surface area contributed by atoms with Crippen molar-refractivity contribution in [3.05, 3.63) is 46.5 Å². The first kappa shape index (κ1) is 24.8. The molecule has 0 amide bonds. The zero-order valence-corrected chi connectivity index (χ0v) is 20.2. The fourth-order valence-electron chi connectivity index (χ4n) is 3.86. The molecule has 1 aliphatic rings. The zero-order valence-electron chi connectivity index (χ0n) is 19.4. The molecule has 33 heavy (non-hydrogen) atoms. The number of aliphatic hydroxyl groups is 2. The van der Waals surface area contributed by atoms with E-state index in [2.05, 4.69) is 4.72 Å². The van der Waals surface area contributed by atoms with Crippen molar-refractivity contribution in [2.75, 3.05) is 17.6 Å². The zero-order chi connectivity index (χ0) is 24.7. The van der Waals surface area contributed by atoms with Gasteiger partial charge in [0, 0.05) is 23.7 Å². The van der Waals surface area contributed by atoms with Gasteiger partial charge in [0.25, 0.3) is 0 Å². The summed E-state index contributed by atoms with van der Waals surface area (Å²) >= 11 is 0. The minimum Gasteiger partial charge on any atom is -0.489 e. The number of anilines is 1. The van der Waals surface area contributed by atoms with Crippen LogP contribution >= 0.6 is 0 Å². The second-order valence-electron chi connectivity index (χ2n) is 8.53. The highest BCUT2D eigenvalue weighted by molar-refractivity contribution is 7.92. The summed E-state index contributed by atoms with van der Waals surface area (Å²) in [4.78, 5) is 11.5. The summed E-state index contributed by atoms with van der Waals surface area (Å²) in [5.74, 6) is 0.706. The minimum absolute atomic E-state index is 0.0905. The molecule has 0 saturated carbocycles. The molecular weight excluding hydrogens is 450 g/mol. The van der Waals surface area contributed by atoms with Gasteiger partial charge < -0.3 is 24.4 Å². The van der Waals surface area contributed by atoms with Crippen molar-refractivity contribution in [1.29, 1.82) is 0 Å². The number of hydrogen-bond acceptors (Lipinski definition) is 8. The third kappa shape index (κ3) is 5.07. The van der Waals surface area contributed by atoms with Gasteiger partial charge in [-0.2, -0.15) is 0 Å². The number of hydrogen-bond donors (Lipinski definition) is 3. The van der Waals surface area contributed by atoms with Gasteiger partial charge in [-0.1, -0.05) is 0 Å². The number of rotatable bonds is 6. The summed E-state index contributed by atoms with van der Waals surface area (Å²) in [6.45, 7) is 8.13. The molecule has 2 aromatic rings. The maximum Gasteiger partial charge on any atom is 0.308 e. The lowest BCUT2D eigenvalue weighted by Gasteiger charge is -2.43. The molecule has 0 saturated heterocycles. The van der Waals surface area contributed by atoms with E-state index in [-0.39, 0.29) is 6.61 Å². The summed E-state index contributed by atoms with van der Waals surface area (Å²) in [5, 5.41) is 21.9. The number of ether oxygens (including phenoxy) is 3. The molecule has 2 aromatic carbocycles. The Morgan fingerprint density at radius 1 is 1.12 bits per heavy atom. The van der Waals surface area contributed by atoms with E-state index in [0.717, 1.165) is 6.26 Å². The van der Waals surface area contributed by atoms with Crippen LogP contribution in [-0.2, 0) is 14.8 Å². The lowest BCUT2D eigenvalue weighted by molar-refractivity contribution is -0.136. The van der Waals surface area contributed by atoms with Crippen molar-refractivity contribution >= 4 is 21.7 Å². The van der Waals surface area contributed by atoms with Crippen molar-refractivity contribution in [3.8, 4) is 17.2 Å². The summed E-state index contributed by atoms with van der Waals surface area (Å²) in [7, 11) is -3.39. The van der Waals surface area contributed by atoms with Gasteiger partial charge in [0.15, 0.2) is 5.60 Å². The Labute approximate surface area is 193 Å². The lowest BCUT2D eigenvalue weighted by Crippen LogP contribution is -2.55. The molecule has 0 bridgehead atoms. The van der Waals surface area contributed by atoms with Crippen LogP contribution in [0.15, 0.2) is 24.3 Å². The van der Waals surface area contributed by atoms with E-state index in [4.69, 9.17) is 14.2 Å². The Balaban J connectivity index is 1.87. The van der Waals surface area contributed by atoms with E-state index >= 15 is 0 Å². The first-order valence-electron chi connectivity index (χ1n) is 10.3. The normalized spacial score (nSPS) is 22.2. The van der Waals surface area contributed by atoms with E-state index in [0.29, 0.717) is 45.2 Å². The van der Waals surface area contributed by atoms with E-state index < -0.39 is 33.8 Å². The molecule has 3 unspecified atom stereocenters. The first-order chi connectivity index (χ1) is 15.2. The van der Waals surface area contributed by atoms with Crippen LogP contribution in [0.2, 0.25) is 0 Å². The van der Waals surface area contributed by atoms with Gasteiger partial charge in [-0.25, -0.2) is 8.42 Å². The molecule has 0 fully saturated rings. The van der Waals surface area contributed by atoms with Gasteiger partial charge in [-0.15, -0.1) is 0 Å². The van der Waals surface area contributed by atoms with Crippen LogP contribution in [0.3, 0.4) is 0 Å². The largest absolute Gasteiger partial charge is 0.489 e. The van der Waals surface area contributed by atoms with Gasteiger partial charge in [-0.05, 0) is 63.1 Å². The van der Waals surface area contributed by atoms with Gasteiger partial charge in [0.1, 0.15) is 36.1 Å². The average molecular weight is 480 g/mol. The van der Waals surface area contributed by atoms with E-state index in [1.54, 1.807) is 52.0 Å².